The Hall–Kier alpha value is -3.36. The Morgan fingerprint density at radius 3 is 2.69 bits per heavy atom. The van der Waals surface area contributed by atoms with E-state index in [0.717, 1.165) is 33.4 Å². The van der Waals surface area contributed by atoms with Gasteiger partial charge < -0.3 is 30.7 Å². The Morgan fingerprint density at radius 1 is 1.09 bits per heavy atom. The van der Waals surface area contributed by atoms with Crippen molar-refractivity contribution in [3.8, 4) is 0 Å². The third kappa shape index (κ3) is 2.98. The van der Waals surface area contributed by atoms with Gasteiger partial charge in [0.2, 0.25) is 11.8 Å². The maximum Gasteiger partial charge on any atom is 0.249 e. The number of carbonyl (C=O) groups is 2. The summed E-state index contributed by atoms with van der Waals surface area (Å²) in [5.74, 6) is -0.707. The number of likely N-dealkylation sites (tertiary alicyclic amines) is 1. The van der Waals surface area contributed by atoms with Gasteiger partial charge in [-0.1, -0.05) is 36.4 Å². The van der Waals surface area contributed by atoms with Crippen molar-refractivity contribution in [2.45, 2.75) is 24.4 Å². The number of hydrogen-bond acceptors (Lipinski definition) is 5. The topological polar surface area (TPSA) is 118 Å². The largest absolute Gasteiger partial charge is 0.387 e. The van der Waals surface area contributed by atoms with E-state index in [0.29, 0.717) is 25.9 Å². The van der Waals surface area contributed by atoms with Crippen molar-refractivity contribution < 1.29 is 19.8 Å². The Bertz CT molecular complexity index is 1190. The van der Waals surface area contributed by atoms with Gasteiger partial charge in [-0.05, 0) is 36.1 Å². The molecule has 0 aliphatic carbocycles. The lowest BCUT2D eigenvalue weighted by atomic mass is 9.74. The number of para-hydroxylation sites is 2. The normalized spacial score (nSPS) is 21.3. The van der Waals surface area contributed by atoms with Crippen molar-refractivity contribution >= 4 is 28.4 Å². The fraction of sp³-hybridized carbons (Fsp3) is 0.333. The number of carbonyl (C=O) groups excluding carboxylic acids is 2. The highest BCUT2D eigenvalue weighted by Crippen LogP contribution is 2.54. The van der Waals surface area contributed by atoms with E-state index in [-0.39, 0.29) is 12.1 Å². The lowest BCUT2D eigenvalue weighted by Gasteiger charge is -2.33. The summed E-state index contributed by atoms with van der Waals surface area (Å²) in [6, 6.07) is 16.1. The zero-order chi connectivity index (χ0) is 22.3. The fourth-order valence-electron chi connectivity index (χ4n) is 5.44. The molecular weight excluding hydrogens is 408 g/mol. The summed E-state index contributed by atoms with van der Waals surface area (Å²) in [5.41, 5.74) is 4.69. The number of aromatic amines is 1. The zero-order valence-corrected chi connectivity index (χ0v) is 17.6. The van der Waals surface area contributed by atoms with Gasteiger partial charge in [-0.3, -0.25) is 9.59 Å². The number of anilines is 1. The van der Waals surface area contributed by atoms with Gasteiger partial charge in [-0.15, -0.1) is 0 Å². The SMILES string of the molecule is O=C(CO)NCCc1c([C@@]23CCN(C(=O)CO)[C@@H]2Nc2ccccc23)[nH]c2ccccc12. The number of hydrogen-bond donors (Lipinski definition) is 5. The van der Waals surface area contributed by atoms with Crippen LogP contribution in [-0.4, -0.2) is 64.4 Å². The van der Waals surface area contributed by atoms with E-state index < -0.39 is 24.5 Å². The molecule has 0 unspecified atom stereocenters. The second-order valence-corrected chi connectivity index (χ2v) is 8.34. The molecule has 166 valence electrons. The number of benzene rings is 2. The third-order valence-electron chi connectivity index (χ3n) is 6.78. The van der Waals surface area contributed by atoms with Crippen LogP contribution in [0.25, 0.3) is 10.9 Å². The predicted molar refractivity (Wildman–Crippen MR) is 120 cm³/mol. The average Bonchev–Trinajstić information content (AvgIpc) is 3.47. The average molecular weight is 434 g/mol. The van der Waals surface area contributed by atoms with Crippen LogP contribution in [0.5, 0.6) is 0 Å². The Kier molecular flexibility index (Phi) is 5.11. The summed E-state index contributed by atoms with van der Waals surface area (Å²) >= 11 is 0. The van der Waals surface area contributed by atoms with Gasteiger partial charge in [0.15, 0.2) is 0 Å². The van der Waals surface area contributed by atoms with E-state index in [2.05, 4.69) is 27.8 Å². The minimum Gasteiger partial charge on any atom is -0.387 e. The number of amides is 2. The molecule has 3 aromatic rings. The molecule has 2 amide bonds. The second-order valence-electron chi connectivity index (χ2n) is 8.34. The Morgan fingerprint density at radius 2 is 1.88 bits per heavy atom. The summed E-state index contributed by atoms with van der Waals surface area (Å²) in [5, 5.41) is 26.0. The van der Waals surface area contributed by atoms with Crippen LogP contribution in [0.15, 0.2) is 48.5 Å². The molecule has 1 aromatic heterocycles. The van der Waals surface area contributed by atoms with Gasteiger partial charge in [0, 0.05) is 35.4 Å². The molecule has 3 heterocycles. The number of nitrogens with zero attached hydrogens (tertiary/aromatic N) is 1. The Balaban J connectivity index is 1.66. The molecule has 5 N–H and O–H groups in total. The van der Waals surface area contributed by atoms with Crippen LogP contribution >= 0.6 is 0 Å². The van der Waals surface area contributed by atoms with Gasteiger partial charge >= 0.3 is 0 Å². The van der Waals surface area contributed by atoms with Crippen molar-refractivity contribution in [1.82, 2.24) is 15.2 Å². The van der Waals surface area contributed by atoms with Crippen LogP contribution in [0.2, 0.25) is 0 Å². The van der Waals surface area contributed by atoms with Gasteiger partial charge in [-0.25, -0.2) is 0 Å². The van der Waals surface area contributed by atoms with E-state index in [1.54, 1.807) is 4.90 Å². The molecule has 1 fully saturated rings. The van der Waals surface area contributed by atoms with E-state index >= 15 is 0 Å². The molecule has 0 spiro atoms. The molecule has 8 nitrogen and oxygen atoms in total. The Labute approximate surface area is 185 Å². The van der Waals surface area contributed by atoms with Crippen molar-refractivity contribution in [2.75, 3.05) is 31.6 Å². The summed E-state index contributed by atoms with van der Waals surface area (Å²) in [7, 11) is 0. The number of nitrogens with one attached hydrogen (secondary N) is 3. The minimum absolute atomic E-state index is 0.301. The first kappa shape index (κ1) is 20.5. The molecule has 2 aromatic carbocycles. The van der Waals surface area contributed by atoms with Crippen molar-refractivity contribution in [3.63, 3.8) is 0 Å². The first-order valence-electron chi connectivity index (χ1n) is 10.8. The standard InChI is InChI=1S/C24H26N4O4/c29-13-20(31)25-11-9-16-15-5-1-3-7-18(15)26-22(16)24-10-12-28(21(32)14-30)23(24)27-19-8-4-2-6-17(19)24/h1-8,23,26-27,29-30H,9-14H2,(H,25,31)/t23-,24-/m0/s1. The molecule has 2 aliphatic heterocycles. The second kappa shape index (κ2) is 7.96. The maximum absolute atomic E-state index is 12.6. The van der Waals surface area contributed by atoms with Crippen LogP contribution in [0, 0.1) is 0 Å². The fourth-order valence-corrected chi connectivity index (χ4v) is 5.44. The number of aromatic nitrogens is 1. The number of H-pyrrole nitrogens is 1. The van der Waals surface area contributed by atoms with Gasteiger partial charge in [0.05, 0.1) is 5.41 Å². The van der Waals surface area contributed by atoms with Crippen LogP contribution < -0.4 is 10.6 Å². The van der Waals surface area contributed by atoms with Crippen LogP contribution in [0.3, 0.4) is 0 Å². The summed E-state index contributed by atoms with van der Waals surface area (Å²) in [6.07, 6.45) is 0.963. The molecule has 1 saturated heterocycles. The molecule has 2 aliphatic rings. The first-order valence-corrected chi connectivity index (χ1v) is 10.8. The highest BCUT2D eigenvalue weighted by Gasteiger charge is 2.57. The van der Waals surface area contributed by atoms with Crippen LogP contribution in [0.4, 0.5) is 5.69 Å². The van der Waals surface area contributed by atoms with E-state index in [4.69, 9.17) is 5.11 Å². The van der Waals surface area contributed by atoms with Crippen LogP contribution in [-0.2, 0) is 21.4 Å². The number of fused-ring (bicyclic) bond motifs is 4. The lowest BCUT2D eigenvalue weighted by Crippen LogP contribution is -2.48. The molecule has 5 rings (SSSR count). The highest BCUT2D eigenvalue weighted by atomic mass is 16.3. The molecular formula is C24H26N4O4. The summed E-state index contributed by atoms with van der Waals surface area (Å²) in [6.45, 7) is -0.148. The molecule has 2 atom stereocenters. The van der Waals surface area contributed by atoms with Gasteiger partial charge in [0.25, 0.3) is 0 Å². The molecule has 0 saturated carbocycles. The van der Waals surface area contributed by atoms with Gasteiger partial charge in [-0.2, -0.15) is 0 Å². The zero-order valence-electron chi connectivity index (χ0n) is 17.6. The monoisotopic (exact) mass is 434 g/mol. The molecule has 0 radical (unpaired) electrons. The lowest BCUT2D eigenvalue weighted by molar-refractivity contribution is -0.134. The predicted octanol–water partition coefficient (Wildman–Crippen LogP) is 1.08. The molecule has 32 heavy (non-hydrogen) atoms. The maximum atomic E-state index is 12.6. The van der Waals surface area contributed by atoms with E-state index in [1.807, 2.05) is 36.4 Å². The third-order valence-corrected chi connectivity index (χ3v) is 6.78. The van der Waals surface area contributed by atoms with Crippen molar-refractivity contribution in [3.05, 3.63) is 65.4 Å². The summed E-state index contributed by atoms with van der Waals surface area (Å²) < 4.78 is 0. The minimum atomic E-state index is -0.539. The molecule has 8 heteroatoms. The van der Waals surface area contributed by atoms with E-state index in [9.17, 15) is 14.7 Å². The highest BCUT2D eigenvalue weighted by molar-refractivity contribution is 5.87. The van der Waals surface area contributed by atoms with Crippen molar-refractivity contribution in [1.29, 1.82) is 0 Å². The smallest absolute Gasteiger partial charge is 0.249 e. The first-order chi connectivity index (χ1) is 15.6. The number of aliphatic hydroxyl groups excluding tert-OH is 2. The van der Waals surface area contributed by atoms with Crippen molar-refractivity contribution in [2.24, 2.45) is 0 Å². The number of rotatable bonds is 6. The van der Waals surface area contributed by atoms with E-state index in [1.165, 1.54) is 0 Å². The number of aliphatic hydroxyl groups is 2. The van der Waals surface area contributed by atoms with Gasteiger partial charge in [0.1, 0.15) is 19.4 Å². The quantitative estimate of drug-likeness (QED) is 0.398. The van der Waals surface area contributed by atoms with Crippen LogP contribution in [0.1, 0.15) is 23.2 Å². The summed E-state index contributed by atoms with van der Waals surface area (Å²) in [4.78, 5) is 29.5. The molecule has 0 bridgehead atoms.